The second-order valence-corrected chi connectivity index (χ2v) is 8.25. The van der Waals surface area contributed by atoms with Crippen LogP contribution in [0.1, 0.15) is 38.2 Å². The molecule has 1 unspecified atom stereocenters. The Morgan fingerprint density at radius 2 is 1.81 bits per heavy atom. The normalized spacial score (nSPS) is 19.7. The van der Waals surface area contributed by atoms with E-state index >= 15 is 0 Å². The molecule has 32 heavy (non-hydrogen) atoms. The number of methoxy groups -OCH3 is 1. The Bertz CT molecular complexity index is 1080. The highest BCUT2D eigenvalue weighted by Gasteiger charge is 2.30. The fourth-order valence-electron chi connectivity index (χ4n) is 4.00. The summed E-state index contributed by atoms with van der Waals surface area (Å²) >= 11 is 0. The lowest BCUT2D eigenvalue weighted by molar-refractivity contribution is -0.124. The van der Waals surface area contributed by atoms with Crippen LogP contribution >= 0.6 is 0 Å². The van der Waals surface area contributed by atoms with Gasteiger partial charge in [0.15, 0.2) is 0 Å². The fourth-order valence-corrected chi connectivity index (χ4v) is 4.00. The molecule has 1 fully saturated rings. The molecular formula is C26H29N3O3. The van der Waals surface area contributed by atoms with E-state index in [0.717, 1.165) is 16.7 Å². The summed E-state index contributed by atoms with van der Waals surface area (Å²) in [6, 6.07) is 15.1. The molecule has 1 aromatic carbocycles. The lowest BCUT2D eigenvalue weighted by Crippen LogP contribution is -2.38. The number of hydrogen-bond acceptors (Lipinski definition) is 5. The monoisotopic (exact) mass is 432 g/mol. The van der Waals surface area contributed by atoms with Crippen molar-refractivity contribution >= 4 is 11.7 Å². The number of anilines is 1. The first-order valence-corrected chi connectivity index (χ1v) is 10.9. The molecule has 2 heterocycles. The summed E-state index contributed by atoms with van der Waals surface area (Å²) in [6.07, 6.45) is 5.54. The molecule has 0 radical (unpaired) electrons. The highest BCUT2D eigenvalue weighted by molar-refractivity contribution is 5.94. The summed E-state index contributed by atoms with van der Waals surface area (Å²) in [4.78, 5) is 23.7. The van der Waals surface area contributed by atoms with E-state index in [0.29, 0.717) is 42.9 Å². The van der Waals surface area contributed by atoms with Crippen molar-refractivity contribution in [2.75, 3.05) is 12.0 Å². The number of nitrogens with zero attached hydrogens (tertiary/aromatic N) is 3. The maximum atomic E-state index is 13.5. The van der Waals surface area contributed by atoms with Crippen molar-refractivity contribution in [1.82, 2.24) is 9.97 Å². The maximum absolute atomic E-state index is 13.5. The molecule has 3 aromatic rings. The highest BCUT2D eigenvalue weighted by atomic mass is 16.5. The topological polar surface area (TPSA) is 75.5 Å². The zero-order valence-electron chi connectivity index (χ0n) is 19.4. The lowest BCUT2D eigenvalue weighted by atomic mass is 9.86. The van der Waals surface area contributed by atoms with Gasteiger partial charge in [0.25, 0.3) is 0 Å². The van der Waals surface area contributed by atoms with Gasteiger partial charge >= 0.3 is 0 Å². The van der Waals surface area contributed by atoms with Gasteiger partial charge in [0.05, 0.1) is 21.1 Å². The molecular weight excluding hydrogens is 402 g/mol. The van der Waals surface area contributed by atoms with Gasteiger partial charge in [-0.1, -0.05) is 24.3 Å². The van der Waals surface area contributed by atoms with Gasteiger partial charge in [-0.3, -0.25) is 9.69 Å². The van der Waals surface area contributed by atoms with Gasteiger partial charge in [-0.25, -0.2) is 9.97 Å². The number of aliphatic hydroxyl groups excluding tert-OH is 1. The van der Waals surface area contributed by atoms with Crippen LogP contribution < -0.4 is 9.64 Å². The molecule has 1 amide bonds. The van der Waals surface area contributed by atoms with Crippen LogP contribution in [0, 0.1) is 12.8 Å². The van der Waals surface area contributed by atoms with Crippen LogP contribution in [-0.4, -0.2) is 34.2 Å². The number of ether oxygens (including phenoxy) is 1. The smallest absolute Gasteiger partial charge is 0.231 e. The molecule has 166 valence electrons. The number of pyridine rings is 2. The second kappa shape index (κ2) is 9.92. The van der Waals surface area contributed by atoms with Crippen molar-refractivity contribution in [3.05, 3.63) is 72.1 Å². The molecule has 4 rings (SSSR count). The Hall–Kier alpha value is -3.25. The number of benzene rings is 1. The van der Waals surface area contributed by atoms with E-state index in [4.69, 9.17) is 6.11 Å². The van der Waals surface area contributed by atoms with Crippen molar-refractivity contribution in [3.8, 4) is 17.0 Å². The minimum absolute atomic E-state index is 0.108. The average molecular weight is 433 g/mol. The molecule has 0 saturated heterocycles. The number of aliphatic hydroxyl groups is 1. The number of aromatic nitrogens is 2. The van der Waals surface area contributed by atoms with Gasteiger partial charge in [0, 0.05) is 29.9 Å². The van der Waals surface area contributed by atoms with E-state index < -0.39 is 6.52 Å². The predicted octanol–water partition coefficient (Wildman–Crippen LogP) is 4.54. The molecule has 1 atom stereocenters. The Morgan fingerprint density at radius 3 is 2.44 bits per heavy atom. The minimum Gasteiger partial charge on any atom is -0.481 e. The van der Waals surface area contributed by atoms with Crippen molar-refractivity contribution in [2.24, 2.45) is 5.92 Å². The second-order valence-electron chi connectivity index (χ2n) is 8.25. The molecule has 0 bridgehead atoms. The summed E-state index contributed by atoms with van der Waals surface area (Å²) in [6.45, 7) is 1.02. The van der Waals surface area contributed by atoms with Gasteiger partial charge in [-0.2, -0.15) is 0 Å². The molecule has 1 N–H and O–H groups in total. The van der Waals surface area contributed by atoms with E-state index in [1.807, 2.05) is 49.4 Å². The summed E-state index contributed by atoms with van der Waals surface area (Å²) < 4.78 is 14.1. The van der Waals surface area contributed by atoms with E-state index in [1.165, 1.54) is 4.90 Å². The van der Waals surface area contributed by atoms with E-state index in [-0.39, 0.29) is 17.9 Å². The lowest BCUT2D eigenvalue weighted by Gasteiger charge is -2.30. The summed E-state index contributed by atoms with van der Waals surface area (Å²) in [7, 11) is 1.58. The van der Waals surface area contributed by atoms with Gasteiger partial charge in [-0.05, 0) is 67.5 Å². The van der Waals surface area contributed by atoms with Gasteiger partial charge < -0.3 is 9.84 Å². The van der Waals surface area contributed by atoms with Crippen LogP contribution in [0.2, 0.25) is 0 Å². The first-order valence-electron chi connectivity index (χ1n) is 11.5. The van der Waals surface area contributed by atoms with Crippen LogP contribution in [0.25, 0.3) is 11.1 Å². The Kier molecular flexibility index (Phi) is 6.40. The molecule has 2 aromatic heterocycles. The Labute approximate surface area is 190 Å². The maximum Gasteiger partial charge on any atom is 0.231 e. The summed E-state index contributed by atoms with van der Waals surface area (Å²) in [5, 5.41) is 9.85. The van der Waals surface area contributed by atoms with Crippen molar-refractivity contribution in [3.63, 3.8) is 0 Å². The molecule has 1 saturated carbocycles. The predicted molar refractivity (Wildman–Crippen MR) is 124 cm³/mol. The third-order valence-corrected chi connectivity index (χ3v) is 5.90. The fraction of sp³-hybridized carbons (Fsp3) is 0.346. The van der Waals surface area contributed by atoms with Gasteiger partial charge in [0.2, 0.25) is 11.8 Å². The zero-order valence-corrected chi connectivity index (χ0v) is 18.4. The first kappa shape index (κ1) is 20.6. The Morgan fingerprint density at radius 1 is 1.09 bits per heavy atom. The number of aryl methyl sites for hydroxylation is 1. The van der Waals surface area contributed by atoms with Crippen LogP contribution in [-0.2, 0) is 11.3 Å². The summed E-state index contributed by atoms with van der Waals surface area (Å²) in [5.41, 5.74) is 3.59. The SMILES string of the molecule is [2H]C(c1ccc(-c2ccc(OC)nc2)cc1)N(C(=O)C1CCC(O)CC1)c1cc(C)ccn1. The van der Waals surface area contributed by atoms with Crippen molar-refractivity contribution < 1.29 is 16.0 Å². The largest absolute Gasteiger partial charge is 0.481 e. The van der Waals surface area contributed by atoms with Gasteiger partial charge in [-0.15, -0.1) is 0 Å². The molecule has 0 spiro atoms. The van der Waals surface area contributed by atoms with E-state index in [1.54, 1.807) is 25.6 Å². The minimum atomic E-state index is -0.929. The van der Waals surface area contributed by atoms with Crippen molar-refractivity contribution in [1.29, 1.82) is 0 Å². The molecule has 1 aliphatic rings. The quantitative estimate of drug-likeness (QED) is 0.619. The number of carbonyl (C=O) groups is 1. The molecule has 1 aliphatic carbocycles. The zero-order chi connectivity index (χ0) is 23.4. The van der Waals surface area contributed by atoms with Crippen LogP contribution in [0.3, 0.4) is 0 Å². The van der Waals surface area contributed by atoms with Crippen LogP contribution in [0.4, 0.5) is 5.82 Å². The standard InChI is InChI=1S/C26H29N3O3/c1-18-13-14-27-24(15-18)29(26(31)21-7-10-23(30)11-8-21)17-19-3-5-20(6-4-19)22-9-12-25(32-2)28-16-22/h3-6,9,12-16,21,23,30H,7-8,10-11,17H2,1-2H3/i17D. The van der Waals surface area contributed by atoms with E-state index in [9.17, 15) is 9.90 Å². The van der Waals surface area contributed by atoms with Crippen LogP contribution in [0.5, 0.6) is 5.88 Å². The first-order chi connectivity index (χ1) is 16.0. The van der Waals surface area contributed by atoms with Crippen LogP contribution in [0.15, 0.2) is 60.9 Å². The number of amides is 1. The van der Waals surface area contributed by atoms with Crippen molar-refractivity contribution in [2.45, 2.75) is 45.2 Å². The highest BCUT2D eigenvalue weighted by Crippen LogP contribution is 2.29. The Balaban J connectivity index is 1.61. The third kappa shape index (κ3) is 5.14. The molecule has 6 heteroatoms. The van der Waals surface area contributed by atoms with Gasteiger partial charge in [0.1, 0.15) is 5.82 Å². The molecule has 0 aliphatic heterocycles. The average Bonchev–Trinajstić information content (AvgIpc) is 2.85. The number of hydrogen-bond donors (Lipinski definition) is 1. The van der Waals surface area contributed by atoms with E-state index in [2.05, 4.69) is 9.97 Å². The number of rotatable bonds is 6. The molecule has 6 nitrogen and oxygen atoms in total. The number of carbonyl (C=O) groups excluding carboxylic acids is 1. The summed E-state index contributed by atoms with van der Waals surface area (Å²) in [5.74, 6) is 0.711. The third-order valence-electron chi connectivity index (χ3n) is 5.90.